The van der Waals surface area contributed by atoms with Crippen molar-refractivity contribution < 1.29 is 4.74 Å². The lowest BCUT2D eigenvalue weighted by atomic mass is 10.1. The van der Waals surface area contributed by atoms with Crippen molar-refractivity contribution in [2.24, 2.45) is 5.92 Å². The molecule has 1 rings (SSSR count). The fourth-order valence-electron chi connectivity index (χ4n) is 1.01. The zero-order chi connectivity index (χ0) is 6.69. The third kappa shape index (κ3) is 1.95. The fourth-order valence-corrected chi connectivity index (χ4v) is 1.01. The summed E-state index contributed by atoms with van der Waals surface area (Å²) in [5.74, 6) is 0.651. The van der Waals surface area contributed by atoms with Crippen LogP contribution in [0, 0.1) is 5.92 Å². The van der Waals surface area contributed by atoms with E-state index >= 15 is 0 Å². The molecule has 1 heterocycles. The molecule has 0 aromatic carbocycles. The Labute approximate surface area is 56.6 Å². The van der Waals surface area contributed by atoms with Crippen LogP contribution in [0.5, 0.6) is 0 Å². The molecule has 0 radical (unpaired) electrons. The van der Waals surface area contributed by atoms with Crippen LogP contribution < -0.4 is 5.32 Å². The van der Waals surface area contributed by atoms with Gasteiger partial charge < -0.3 is 10.1 Å². The Hall–Kier alpha value is -0.0800. The predicted molar refractivity (Wildman–Crippen MR) is 37.4 cm³/mol. The molecule has 0 spiro atoms. The van der Waals surface area contributed by atoms with Crippen molar-refractivity contribution in [2.45, 2.75) is 20.0 Å². The standard InChI is InChI=1S/C7H15NO/c1-6(2)7-5-8-3-4-9-7/h6-8H,3-5H2,1-2H3/t7-/m1/s1. The maximum Gasteiger partial charge on any atom is 0.0722 e. The number of morpholine rings is 1. The van der Waals surface area contributed by atoms with Gasteiger partial charge in [0.1, 0.15) is 0 Å². The van der Waals surface area contributed by atoms with E-state index in [1.807, 2.05) is 0 Å². The molecule has 0 unspecified atom stereocenters. The van der Waals surface area contributed by atoms with E-state index < -0.39 is 0 Å². The van der Waals surface area contributed by atoms with Crippen LogP contribution in [0.3, 0.4) is 0 Å². The van der Waals surface area contributed by atoms with Gasteiger partial charge in [-0.2, -0.15) is 0 Å². The largest absolute Gasteiger partial charge is 0.375 e. The van der Waals surface area contributed by atoms with Crippen molar-refractivity contribution in [2.75, 3.05) is 19.7 Å². The van der Waals surface area contributed by atoms with E-state index in [1.54, 1.807) is 0 Å². The Morgan fingerprint density at radius 2 is 2.33 bits per heavy atom. The lowest BCUT2D eigenvalue weighted by molar-refractivity contribution is 0.000508. The molecule has 0 aromatic rings. The van der Waals surface area contributed by atoms with Gasteiger partial charge >= 0.3 is 0 Å². The molecule has 1 atom stereocenters. The molecular formula is C7H15NO. The average Bonchev–Trinajstić information content (AvgIpc) is 1.90. The van der Waals surface area contributed by atoms with Gasteiger partial charge in [-0.1, -0.05) is 13.8 Å². The second kappa shape index (κ2) is 3.18. The molecular weight excluding hydrogens is 114 g/mol. The molecule has 1 fully saturated rings. The fraction of sp³-hybridized carbons (Fsp3) is 1.00. The van der Waals surface area contributed by atoms with E-state index in [2.05, 4.69) is 19.2 Å². The van der Waals surface area contributed by atoms with Gasteiger partial charge in [-0.15, -0.1) is 0 Å². The summed E-state index contributed by atoms with van der Waals surface area (Å²) in [6.07, 6.45) is 0.443. The summed E-state index contributed by atoms with van der Waals surface area (Å²) in [6.45, 7) is 7.30. The summed E-state index contributed by atoms with van der Waals surface area (Å²) >= 11 is 0. The van der Waals surface area contributed by atoms with Crippen molar-refractivity contribution in [3.63, 3.8) is 0 Å². The number of hydrogen-bond donors (Lipinski definition) is 1. The Bertz CT molecular complexity index is 77.0. The minimum Gasteiger partial charge on any atom is -0.375 e. The molecule has 1 aliphatic rings. The lowest BCUT2D eigenvalue weighted by Crippen LogP contribution is -2.41. The third-order valence-corrected chi connectivity index (χ3v) is 1.70. The first-order chi connectivity index (χ1) is 4.30. The van der Waals surface area contributed by atoms with Crippen LogP contribution in [0.25, 0.3) is 0 Å². The molecule has 0 bridgehead atoms. The molecule has 0 aromatic heterocycles. The number of hydrogen-bond acceptors (Lipinski definition) is 2. The van der Waals surface area contributed by atoms with Crippen LogP contribution in [0.2, 0.25) is 0 Å². The zero-order valence-corrected chi connectivity index (χ0v) is 6.18. The van der Waals surface area contributed by atoms with E-state index in [0.29, 0.717) is 12.0 Å². The molecule has 1 N–H and O–H groups in total. The molecule has 0 aliphatic carbocycles. The Kier molecular flexibility index (Phi) is 2.49. The van der Waals surface area contributed by atoms with Crippen molar-refractivity contribution in [1.82, 2.24) is 5.32 Å². The summed E-state index contributed by atoms with van der Waals surface area (Å²) in [6, 6.07) is 0. The Morgan fingerprint density at radius 1 is 1.56 bits per heavy atom. The highest BCUT2D eigenvalue weighted by Gasteiger charge is 2.15. The Morgan fingerprint density at radius 3 is 2.67 bits per heavy atom. The van der Waals surface area contributed by atoms with Crippen molar-refractivity contribution in [3.05, 3.63) is 0 Å². The summed E-state index contributed by atoms with van der Waals surface area (Å²) in [5, 5.41) is 3.29. The van der Waals surface area contributed by atoms with E-state index in [9.17, 15) is 0 Å². The molecule has 2 nitrogen and oxygen atoms in total. The van der Waals surface area contributed by atoms with E-state index in [0.717, 1.165) is 19.7 Å². The Balaban J connectivity index is 2.23. The summed E-state index contributed by atoms with van der Waals surface area (Å²) < 4.78 is 5.48. The van der Waals surface area contributed by atoms with Crippen LogP contribution in [-0.4, -0.2) is 25.8 Å². The molecule has 1 saturated heterocycles. The smallest absolute Gasteiger partial charge is 0.0722 e. The zero-order valence-electron chi connectivity index (χ0n) is 6.18. The normalized spacial score (nSPS) is 29.0. The number of ether oxygens (including phenoxy) is 1. The summed E-state index contributed by atoms with van der Waals surface area (Å²) in [7, 11) is 0. The van der Waals surface area contributed by atoms with Gasteiger partial charge in [0.2, 0.25) is 0 Å². The van der Waals surface area contributed by atoms with Gasteiger partial charge in [-0.05, 0) is 5.92 Å². The van der Waals surface area contributed by atoms with Crippen LogP contribution in [0.1, 0.15) is 13.8 Å². The maximum absolute atomic E-state index is 5.48. The second-order valence-electron chi connectivity index (χ2n) is 2.86. The van der Waals surface area contributed by atoms with Gasteiger partial charge in [-0.3, -0.25) is 0 Å². The molecule has 54 valence electrons. The van der Waals surface area contributed by atoms with Crippen LogP contribution in [0.4, 0.5) is 0 Å². The average molecular weight is 129 g/mol. The van der Waals surface area contributed by atoms with Crippen LogP contribution >= 0.6 is 0 Å². The molecule has 0 saturated carbocycles. The predicted octanol–water partition coefficient (Wildman–Crippen LogP) is 0.631. The van der Waals surface area contributed by atoms with Crippen molar-refractivity contribution in [3.8, 4) is 0 Å². The quantitative estimate of drug-likeness (QED) is 0.560. The topological polar surface area (TPSA) is 21.3 Å². The summed E-state index contributed by atoms with van der Waals surface area (Å²) in [5.41, 5.74) is 0. The third-order valence-electron chi connectivity index (χ3n) is 1.70. The van der Waals surface area contributed by atoms with E-state index in [4.69, 9.17) is 4.74 Å². The van der Waals surface area contributed by atoms with Gasteiger partial charge in [0.15, 0.2) is 0 Å². The SMILES string of the molecule is CC(C)[C@H]1CNCCO1. The van der Waals surface area contributed by atoms with Gasteiger partial charge in [0.25, 0.3) is 0 Å². The monoisotopic (exact) mass is 129 g/mol. The molecule has 9 heavy (non-hydrogen) atoms. The minimum absolute atomic E-state index is 0.443. The van der Waals surface area contributed by atoms with E-state index in [-0.39, 0.29) is 0 Å². The highest BCUT2D eigenvalue weighted by atomic mass is 16.5. The second-order valence-corrected chi connectivity index (χ2v) is 2.86. The van der Waals surface area contributed by atoms with Gasteiger partial charge in [0.05, 0.1) is 12.7 Å². The number of rotatable bonds is 1. The number of nitrogens with one attached hydrogen (secondary N) is 1. The minimum atomic E-state index is 0.443. The highest BCUT2D eigenvalue weighted by Crippen LogP contribution is 2.06. The van der Waals surface area contributed by atoms with Gasteiger partial charge in [-0.25, -0.2) is 0 Å². The van der Waals surface area contributed by atoms with Gasteiger partial charge in [0, 0.05) is 13.1 Å². The molecule has 2 heteroatoms. The summed E-state index contributed by atoms with van der Waals surface area (Å²) in [4.78, 5) is 0. The molecule has 1 aliphatic heterocycles. The molecule has 0 amide bonds. The first-order valence-corrected chi connectivity index (χ1v) is 3.63. The first kappa shape index (κ1) is 7.03. The lowest BCUT2D eigenvalue weighted by Gasteiger charge is -2.26. The first-order valence-electron chi connectivity index (χ1n) is 3.63. The van der Waals surface area contributed by atoms with Crippen molar-refractivity contribution >= 4 is 0 Å². The maximum atomic E-state index is 5.48. The van der Waals surface area contributed by atoms with Crippen molar-refractivity contribution in [1.29, 1.82) is 0 Å². The van der Waals surface area contributed by atoms with E-state index in [1.165, 1.54) is 0 Å². The van der Waals surface area contributed by atoms with Crippen LogP contribution in [0.15, 0.2) is 0 Å². The van der Waals surface area contributed by atoms with Crippen LogP contribution in [-0.2, 0) is 4.74 Å². The highest BCUT2D eigenvalue weighted by molar-refractivity contribution is 4.69.